The van der Waals surface area contributed by atoms with E-state index >= 15 is 0 Å². The molecule has 0 aliphatic rings. The van der Waals surface area contributed by atoms with E-state index in [0.717, 1.165) is 11.1 Å². The maximum absolute atomic E-state index is 5.53. The molecule has 0 saturated carbocycles. The fourth-order valence-corrected chi connectivity index (χ4v) is 3.28. The molecule has 4 aromatic rings. The number of nitrogens with zero attached hydrogens (tertiary/aromatic N) is 1. The smallest absolute Gasteiger partial charge is 0.126 e. The highest BCUT2D eigenvalue weighted by Crippen LogP contribution is 2.36. The molecule has 0 fully saturated rings. The molecule has 0 N–H and O–H groups in total. The lowest BCUT2D eigenvalue weighted by molar-refractivity contribution is 0.420. The molecule has 2 nitrogen and oxygen atoms in total. The minimum atomic E-state index is 0.906. The quantitative estimate of drug-likeness (QED) is 0.479. The summed E-state index contributed by atoms with van der Waals surface area (Å²) in [6.07, 6.45) is 2.18. The van der Waals surface area contributed by atoms with E-state index in [1.807, 2.05) is 6.07 Å². The first-order valence-electron chi connectivity index (χ1n) is 8.08. The monoisotopic (exact) mass is 313 g/mol. The van der Waals surface area contributed by atoms with Crippen LogP contribution < -0.4 is 4.74 Å². The first-order chi connectivity index (χ1) is 11.8. The number of ether oxygens (including phenoxy) is 1. The van der Waals surface area contributed by atoms with Crippen molar-refractivity contribution in [1.29, 1.82) is 0 Å². The lowest BCUT2D eigenvalue weighted by atomic mass is 10.0. The number of benzene rings is 3. The van der Waals surface area contributed by atoms with Crippen molar-refractivity contribution in [2.75, 3.05) is 7.11 Å². The van der Waals surface area contributed by atoms with Gasteiger partial charge >= 0.3 is 0 Å². The fourth-order valence-electron chi connectivity index (χ4n) is 3.28. The van der Waals surface area contributed by atoms with Gasteiger partial charge in [-0.1, -0.05) is 42.5 Å². The highest BCUT2D eigenvalue weighted by atomic mass is 16.5. The van der Waals surface area contributed by atoms with Crippen LogP contribution in [0.3, 0.4) is 0 Å². The maximum atomic E-state index is 5.53. The van der Waals surface area contributed by atoms with Crippen LogP contribution in [0.4, 0.5) is 0 Å². The molecule has 0 atom stereocenters. The number of hydrogen-bond donors (Lipinski definition) is 0. The molecule has 0 radical (unpaired) electrons. The van der Waals surface area contributed by atoms with Crippen molar-refractivity contribution < 1.29 is 4.74 Å². The van der Waals surface area contributed by atoms with E-state index < -0.39 is 0 Å². The van der Waals surface area contributed by atoms with Gasteiger partial charge in [0.2, 0.25) is 0 Å². The summed E-state index contributed by atoms with van der Waals surface area (Å²) in [5, 5.41) is 2.34. The van der Waals surface area contributed by atoms with Crippen LogP contribution in [0.2, 0.25) is 0 Å². The summed E-state index contributed by atoms with van der Waals surface area (Å²) in [7, 11) is 1.72. The second-order valence-corrected chi connectivity index (χ2v) is 5.97. The van der Waals surface area contributed by atoms with Gasteiger partial charge in [-0.25, -0.2) is 0 Å². The fraction of sp³-hybridized carbons (Fsp3) is 0.0909. The molecule has 24 heavy (non-hydrogen) atoms. The van der Waals surface area contributed by atoms with Crippen LogP contribution in [0.25, 0.3) is 27.7 Å². The zero-order chi connectivity index (χ0) is 16.5. The third-order valence-corrected chi connectivity index (χ3v) is 4.37. The van der Waals surface area contributed by atoms with Crippen molar-refractivity contribution in [3.8, 4) is 22.7 Å². The Labute approximate surface area is 141 Å². The number of rotatable bonds is 3. The molecule has 0 amide bonds. The minimum absolute atomic E-state index is 0.906. The van der Waals surface area contributed by atoms with Gasteiger partial charge in [0.25, 0.3) is 0 Å². The van der Waals surface area contributed by atoms with Crippen LogP contribution in [0.15, 0.2) is 79.0 Å². The Kier molecular flexibility index (Phi) is 3.58. The Morgan fingerprint density at radius 1 is 0.792 bits per heavy atom. The van der Waals surface area contributed by atoms with Crippen LogP contribution >= 0.6 is 0 Å². The van der Waals surface area contributed by atoms with Crippen molar-refractivity contribution in [1.82, 2.24) is 4.57 Å². The van der Waals surface area contributed by atoms with Gasteiger partial charge in [-0.3, -0.25) is 0 Å². The van der Waals surface area contributed by atoms with Crippen molar-refractivity contribution in [3.63, 3.8) is 0 Å². The lowest BCUT2D eigenvalue weighted by Crippen LogP contribution is -1.96. The largest absolute Gasteiger partial charge is 0.496 e. The van der Waals surface area contributed by atoms with Gasteiger partial charge in [-0.15, -0.1) is 0 Å². The molecule has 0 saturated heterocycles. The van der Waals surface area contributed by atoms with E-state index in [-0.39, 0.29) is 0 Å². The highest BCUT2D eigenvalue weighted by molar-refractivity contribution is 5.99. The molecule has 0 spiro atoms. The summed E-state index contributed by atoms with van der Waals surface area (Å²) in [6.45, 7) is 2.13. The molecule has 4 rings (SSSR count). The van der Waals surface area contributed by atoms with Crippen LogP contribution in [0.1, 0.15) is 5.56 Å². The number of methoxy groups -OCH3 is 1. The van der Waals surface area contributed by atoms with Crippen molar-refractivity contribution in [2.24, 2.45) is 0 Å². The van der Waals surface area contributed by atoms with Crippen molar-refractivity contribution >= 4 is 10.8 Å². The molecule has 2 heteroatoms. The maximum Gasteiger partial charge on any atom is 0.126 e. The van der Waals surface area contributed by atoms with E-state index in [4.69, 9.17) is 4.74 Å². The standard InChI is InChI=1S/C22H19NO/c1-16-14-21(23(15-16)17-8-4-3-5-9-17)19-12-13-22(24-2)20-11-7-6-10-18(19)20/h3-15H,1-2H3. The first-order valence-corrected chi connectivity index (χ1v) is 8.08. The van der Waals surface area contributed by atoms with E-state index in [0.29, 0.717) is 0 Å². The topological polar surface area (TPSA) is 14.2 Å². The summed E-state index contributed by atoms with van der Waals surface area (Å²) >= 11 is 0. The zero-order valence-corrected chi connectivity index (χ0v) is 13.9. The van der Waals surface area contributed by atoms with E-state index in [1.54, 1.807) is 7.11 Å². The summed E-state index contributed by atoms with van der Waals surface area (Å²) < 4.78 is 7.79. The molecular formula is C22H19NO. The Bertz CT molecular complexity index is 999. The predicted molar refractivity (Wildman–Crippen MR) is 100 cm³/mol. The van der Waals surface area contributed by atoms with Crippen molar-refractivity contribution in [2.45, 2.75) is 6.92 Å². The summed E-state index contributed by atoms with van der Waals surface area (Å²) in [5.41, 5.74) is 4.81. The average Bonchev–Trinajstić information content (AvgIpc) is 3.03. The molecule has 1 aromatic heterocycles. The van der Waals surface area contributed by atoms with Crippen LogP contribution in [-0.2, 0) is 0 Å². The van der Waals surface area contributed by atoms with E-state index in [9.17, 15) is 0 Å². The number of aromatic nitrogens is 1. The van der Waals surface area contributed by atoms with Gasteiger partial charge in [0.15, 0.2) is 0 Å². The van der Waals surface area contributed by atoms with E-state index in [2.05, 4.69) is 84.4 Å². The highest BCUT2D eigenvalue weighted by Gasteiger charge is 2.13. The summed E-state index contributed by atoms with van der Waals surface area (Å²) in [6, 6.07) is 25.3. The van der Waals surface area contributed by atoms with Crippen LogP contribution in [0.5, 0.6) is 5.75 Å². The summed E-state index contributed by atoms with van der Waals surface area (Å²) in [4.78, 5) is 0. The first kappa shape index (κ1) is 14.6. The van der Waals surface area contributed by atoms with Crippen LogP contribution in [-0.4, -0.2) is 11.7 Å². The Hall–Kier alpha value is -3.00. The van der Waals surface area contributed by atoms with Gasteiger partial charge in [0.1, 0.15) is 5.75 Å². The molecule has 0 aliphatic carbocycles. The van der Waals surface area contributed by atoms with Gasteiger partial charge in [-0.2, -0.15) is 0 Å². The Balaban J connectivity index is 2.00. The number of para-hydroxylation sites is 1. The molecule has 1 heterocycles. The third kappa shape index (κ3) is 2.37. The molecule has 0 bridgehead atoms. The molecule has 0 unspecified atom stereocenters. The molecule has 118 valence electrons. The average molecular weight is 313 g/mol. The Morgan fingerprint density at radius 2 is 1.50 bits per heavy atom. The van der Waals surface area contributed by atoms with Gasteiger partial charge in [0, 0.05) is 22.8 Å². The van der Waals surface area contributed by atoms with Crippen LogP contribution in [0, 0.1) is 6.92 Å². The number of aryl methyl sites for hydroxylation is 1. The molecular weight excluding hydrogens is 294 g/mol. The number of hydrogen-bond acceptors (Lipinski definition) is 1. The minimum Gasteiger partial charge on any atom is -0.496 e. The normalized spacial score (nSPS) is 10.9. The summed E-state index contributed by atoms with van der Waals surface area (Å²) in [5.74, 6) is 0.906. The van der Waals surface area contributed by atoms with Gasteiger partial charge in [-0.05, 0) is 48.2 Å². The number of fused-ring (bicyclic) bond motifs is 1. The molecule has 3 aromatic carbocycles. The second-order valence-electron chi connectivity index (χ2n) is 5.97. The Morgan fingerprint density at radius 3 is 2.25 bits per heavy atom. The van der Waals surface area contributed by atoms with E-state index in [1.165, 1.54) is 27.9 Å². The van der Waals surface area contributed by atoms with Gasteiger partial charge < -0.3 is 9.30 Å². The van der Waals surface area contributed by atoms with Gasteiger partial charge in [0.05, 0.1) is 12.8 Å². The second kappa shape index (κ2) is 5.89. The lowest BCUT2D eigenvalue weighted by Gasteiger charge is -2.13. The predicted octanol–water partition coefficient (Wildman–Crippen LogP) is 5.61. The third-order valence-electron chi connectivity index (χ3n) is 4.37. The van der Waals surface area contributed by atoms with Crippen molar-refractivity contribution in [3.05, 3.63) is 84.6 Å². The SMILES string of the molecule is COc1ccc(-c2cc(C)cn2-c2ccccc2)c2ccccc12. The molecule has 0 aliphatic heterocycles. The zero-order valence-electron chi connectivity index (χ0n) is 13.9.